The second-order valence-corrected chi connectivity index (χ2v) is 7.26. The number of nitrogens with one attached hydrogen (secondary N) is 2. The van der Waals surface area contributed by atoms with Gasteiger partial charge in [-0.15, -0.1) is 24.0 Å². The molecule has 3 rings (SSSR count). The van der Waals surface area contributed by atoms with Crippen LogP contribution in [0.3, 0.4) is 0 Å². The molecule has 0 atom stereocenters. The molecule has 1 aliphatic heterocycles. The van der Waals surface area contributed by atoms with Crippen LogP contribution in [0.5, 0.6) is 0 Å². The van der Waals surface area contributed by atoms with E-state index in [4.69, 9.17) is 11.6 Å². The van der Waals surface area contributed by atoms with Crippen LogP contribution >= 0.6 is 35.6 Å². The van der Waals surface area contributed by atoms with Gasteiger partial charge >= 0.3 is 0 Å². The van der Waals surface area contributed by atoms with Gasteiger partial charge < -0.3 is 20.4 Å². The molecule has 0 radical (unpaired) electrons. The number of hydrogen-bond acceptors (Lipinski definition) is 3. The first-order chi connectivity index (χ1) is 13.2. The minimum absolute atomic E-state index is 0. The van der Waals surface area contributed by atoms with Crippen molar-refractivity contribution in [2.24, 2.45) is 4.99 Å². The summed E-state index contributed by atoms with van der Waals surface area (Å²) in [4.78, 5) is 21.2. The Bertz CT molecular complexity index is 678. The number of aliphatic imine (C=N–C) groups is 1. The molecule has 1 aliphatic carbocycles. The lowest BCUT2D eigenvalue weighted by atomic mass is 10.2. The molecular weight excluding hydrogens is 489 g/mol. The van der Waals surface area contributed by atoms with Gasteiger partial charge in [-0.05, 0) is 44.0 Å². The normalized spacial score (nSPS) is 17.4. The fourth-order valence-electron chi connectivity index (χ4n) is 3.36. The second kappa shape index (κ2) is 11.5. The van der Waals surface area contributed by atoms with Gasteiger partial charge in [0.05, 0.1) is 0 Å². The first kappa shape index (κ1) is 22.8. The van der Waals surface area contributed by atoms with Crippen LogP contribution in [0, 0.1) is 0 Å². The van der Waals surface area contributed by atoms with Crippen LogP contribution in [0.15, 0.2) is 41.4 Å². The molecule has 2 aliphatic rings. The number of carbonyl (C=O) groups excluding carboxylic acids is 1. The molecule has 0 bridgehead atoms. The van der Waals surface area contributed by atoms with E-state index in [1.165, 1.54) is 0 Å². The highest BCUT2D eigenvalue weighted by atomic mass is 127. The fraction of sp³-hybridized carbons (Fsp3) is 0.500. The van der Waals surface area contributed by atoms with Gasteiger partial charge in [-0.25, -0.2) is 4.99 Å². The van der Waals surface area contributed by atoms with E-state index < -0.39 is 0 Å². The SMILES string of the molecule is CCNC(=NCC(=O)N1CCN(c2ccc(Cl)cc2)CC1)NC1CC=CC1.I. The van der Waals surface area contributed by atoms with E-state index in [1.807, 2.05) is 36.1 Å². The third-order valence-corrected chi connectivity index (χ3v) is 5.14. The maximum Gasteiger partial charge on any atom is 0.244 e. The summed E-state index contributed by atoms with van der Waals surface area (Å²) in [6, 6.07) is 8.23. The van der Waals surface area contributed by atoms with Crippen molar-refractivity contribution in [1.82, 2.24) is 15.5 Å². The Morgan fingerprint density at radius 3 is 2.39 bits per heavy atom. The van der Waals surface area contributed by atoms with Crippen molar-refractivity contribution in [3.63, 3.8) is 0 Å². The number of amides is 1. The molecule has 8 heteroatoms. The molecule has 1 amide bonds. The van der Waals surface area contributed by atoms with E-state index in [2.05, 4.69) is 32.7 Å². The van der Waals surface area contributed by atoms with Gasteiger partial charge in [-0.1, -0.05) is 23.8 Å². The van der Waals surface area contributed by atoms with Gasteiger partial charge in [0.15, 0.2) is 5.96 Å². The number of hydrogen-bond donors (Lipinski definition) is 2. The Hall–Kier alpha value is -1.48. The number of guanidine groups is 1. The summed E-state index contributed by atoms with van der Waals surface area (Å²) in [5, 5.41) is 7.36. The summed E-state index contributed by atoms with van der Waals surface area (Å²) in [5.74, 6) is 0.798. The van der Waals surface area contributed by atoms with Crippen molar-refractivity contribution in [1.29, 1.82) is 0 Å². The predicted octanol–water partition coefficient (Wildman–Crippen LogP) is 2.88. The van der Waals surface area contributed by atoms with Gasteiger partial charge in [0.25, 0.3) is 0 Å². The van der Waals surface area contributed by atoms with Crippen LogP contribution in [-0.2, 0) is 4.79 Å². The monoisotopic (exact) mass is 517 g/mol. The minimum Gasteiger partial charge on any atom is -0.368 e. The zero-order valence-corrected chi connectivity index (χ0v) is 19.3. The highest BCUT2D eigenvalue weighted by Crippen LogP contribution is 2.19. The second-order valence-electron chi connectivity index (χ2n) is 6.82. The summed E-state index contributed by atoms with van der Waals surface area (Å²) in [6.45, 7) is 6.06. The smallest absolute Gasteiger partial charge is 0.244 e. The molecule has 1 saturated heterocycles. The molecule has 1 heterocycles. The van der Waals surface area contributed by atoms with Crippen LogP contribution in [-0.4, -0.2) is 62.1 Å². The molecule has 28 heavy (non-hydrogen) atoms. The van der Waals surface area contributed by atoms with E-state index in [1.54, 1.807) is 0 Å². The average molecular weight is 518 g/mol. The third kappa shape index (κ3) is 6.55. The van der Waals surface area contributed by atoms with Gasteiger partial charge in [-0.2, -0.15) is 0 Å². The van der Waals surface area contributed by atoms with Gasteiger partial charge in [0, 0.05) is 49.5 Å². The van der Waals surface area contributed by atoms with Crippen molar-refractivity contribution < 1.29 is 4.79 Å². The molecule has 0 spiro atoms. The molecule has 2 N–H and O–H groups in total. The molecular formula is C20H29ClIN5O. The van der Waals surface area contributed by atoms with Crippen LogP contribution < -0.4 is 15.5 Å². The van der Waals surface area contributed by atoms with E-state index in [0.717, 1.165) is 49.1 Å². The summed E-state index contributed by atoms with van der Waals surface area (Å²) in [5.41, 5.74) is 1.15. The number of anilines is 1. The quantitative estimate of drug-likeness (QED) is 0.273. The van der Waals surface area contributed by atoms with Crippen molar-refractivity contribution in [3.8, 4) is 0 Å². The Morgan fingerprint density at radius 2 is 1.79 bits per heavy atom. The summed E-state index contributed by atoms with van der Waals surface area (Å²) in [6.07, 6.45) is 6.36. The molecule has 154 valence electrons. The van der Waals surface area contributed by atoms with Crippen molar-refractivity contribution in [3.05, 3.63) is 41.4 Å². The number of piperazine rings is 1. The number of benzene rings is 1. The molecule has 1 fully saturated rings. The Labute approximate surface area is 189 Å². The largest absolute Gasteiger partial charge is 0.368 e. The van der Waals surface area contributed by atoms with Gasteiger partial charge in [-0.3, -0.25) is 4.79 Å². The number of rotatable bonds is 5. The van der Waals surface area contributed by atoms with Crippen molar-refractivity contribution in [2.45, 2.75) is 25.8 Å². The summed E-state index contributed by atoms with van der Waals surface area (Å²) in [7, 11) is 0. The highest BCUT2D eigenvalue weighted by Gasteiger charge is 2.21. The van der Waals surface area contributed by atoms with Crippen molar-refractivity contribution in [2.75, 3.05) is 44.2 Å². The zero-order chi connectivity index (χ0) is 19.1. The summed E-state index contributed by atoms with van der Waals surface area (Å²) >= 11 is 5.95. The standard InChI is InChI=1S/C20H28ClN5O.HI/c1-2-22-20(24-17-5-3-4-6-17)23-15-19(27)26-13-11-25(12-14-26)18-9-7-16(21)8-10-18;/h3-4,7-10,17H,2,5-6,11-15H2,1H3,(H2,22,23,24);1H. The summed E-state index contributed by atoms with van der Waals surface area (Å²) < 4.78 is 0. The minimum atomic E-state index is 0. The van der Waals surface area contributed by atoms with Crippen LogP contribution in [0.1, 0.15) is 19.8 Å². The fourth-order valence-corrected chi connectivity index (χ4v) is 3.49. The average Bonchev–Trinajstić information content (AvgIpc) is 3.20. The van der Waals surface area contributed by atoms with Crippen molar-refractivity contribution >= 4 is 53.1 Å². The topological polar surface area (TPSA) is 60.0 Å². The lowest BCUT2D eigenvalue weighted by molar-refractivity contribution is -0.129. The first-order valence-corrected chi connectivity index (χ1v) is 10.0. The molecule has 0 unspecified atom stereocenters. The van der Waals surface area contributed by atoms with E-state index in [9.17, 15) is 4.79 Å². The van der Waals surface area contributed by atoms with Gasteiger partial charge in [0.2, 0.25) is 5.91 Å². The predicted molar refractivity (Wildman–Crippen MR) is 127 cm³/mol. The number of carbonyl (C=O) groups is 1. The maximum absolute atomic E-state index is 12.5. The van der Waals surface area contributed by atoms with E-state index in [0.29, 0.717) is 19.1 Å². The molecule has 0 aromatic heterocycles. The van der Waals surface area contributed by atoms with Crippen LogP contribution in [0.2, 0.25) is 5.02 Å². The molecule has 1 aromatic carbocycles. The first-order valence-electron chi connectivity index (χ1n) is 9.64. The molecule has 6 nitrogen and oxygen atoms in total. The highest BCUT2D eigenvalue weighted by molar-refractivity contribution is 14.0. The van der Waals surface area contributed by atoms with Crippen LogP contribution in [0.25, 0.3) is 0 Å². The zero-order valence-electron chi connectivity index (χ0n) is 16.2. The number of nitrogens with zero attached hydrogens (tertiary/aromatic N) is 3. The van der Waals surface area contributed by atoms with Gasteiger partial charge in [0.1, 0.15) is 6.54 Å². The van der Waals surface area contributed by atoms with E-state index >= 15 is 0 Å². The number of halogens is 2. The Kier molecular flexibility index (Phi) is 9.37. The molecule has 1 aromatic rings. The maximum atomic E-state index is 12.5. The lowest BCUT2D eigenvalue weighted by Crippen LogP contribution is -2.50. The Morgan fingerprint density at radius 1 is 1.14 bits per heavy atom. The van der Waals surface area contributed by atoms with E-state index in [-0.39, 0.29) is 36.4 Å². The Balaban J connectivity index is 0.00000280. The molecule has 0 saturated carbocycles. The lowest BCUT2D eigenvalue weighted by Gasteiger charge is -2.36. The third-order valence-electron chi connectivity index (χ3n) is 4.89. The van der Waals surface area contributed by atoms with Crippen LogP contribution in [0.4, 0.5) is 5.69 Å².